The van der Waals surface area contributed by atoms with E-state index in [0.29, 0.717) is 12.2 Å². The third kappa shape index (κ3) is 4.24. The van der Waals surface area contributed by atoms with Crippen molar-refractivity contribution >= 4 is 11.9 Å². The summed E-state index contributed by atoms with van der Waals surface area (Å²) in [6, 6.07) is 6.03. The van der Waals surface area contributed by atoms with E-state index in [2.05, 4.69) is 18.8 Å². The first-order valence-corrected chi connectivity index (χ1v) is 9.35. The maximum absolute atomic E-state index is 13.4. The van der Waals surface area contributed by atoms with Crippen molar-refractivity contribution in [1.82, 2.24) is 9.88 Å². The molecular formula is C22H30N2O3. The third-order valence-corrected chi connectivity index (χ3v) is 5.32. The number of rotatable bonds is 6. The molecule has 0 bridgehead atoms. The van der Waals surface area contributed by atoms with E-state index >= 15 is 0 Å². The van der Waals surface area contributed by atoms with Crippen molar-refractivity contribution in [1.29, 1.82) is 0 Å². The number of carbonyl (C=O) groups excluding carboxylic acids is 2. The molecule has 1 unspecified atom stereocenters. The minimum Gasteiger partial charge on any atom is -0.464 e. The van der Waals surface area contributed by atoms with Gasteiger partial charge in [0.2, 0.25) is 0 Å². The molecule has 2 aromatic rings. The number of aryl methyl sites for hydroxylation is 3. The molecular weight excluding hydrogens is 340 g/mol. The molecule has 1 heterocycles. The lowest BCUT2D eigenvalue weighted by Crippen LogP contribution is -2.38. The van der Waals surface area contributed by atoms with Crippen LogP contribution in [0.5, 0.6) is 0 Å². The minimum absolute atomic E-state index is 0.0187. The molecule has 0 aliphatic rings. The fourth-order valence-electron chi connectivity index (χ4n) is 3.27. The first-order valence-electron chi connectivity index (χ1n) is 9.35. The normalized spacial score (nSPS) is 12.0. The van der Waals surface area contributed by atoms with Crippen LogP contribution in [-0.2, 0) is 11.3 Å². The molecule has 146 valence electrons. The summed E-state index contributed by atoms with van der Waals surface area (Å²) in [7, 11) is 1.37. The van der Waals surface area contributed by atoms with E-state index in [4.69, 9.17) is 4.74 Å². The van der Waals surface area contributed by atoms with Crippen LogP contribution in [0.25, 0.3) is 0 Å². The molecule has 1 atom stereocenters. The van der Waals surface area contributed by atoms with Gasteiger partial charge in [-0.3, -0.25) is 4.79 Å². The summed E-state index contributed by atoms with van der Waals surface area (Å²) in [5, 5.41) is 0. The van der Waals surface area contributed by atoms with E-state index in [0.717, 1.165) is 39.9 Å². The highest BCUT2D eigenvalue weighted by molar-refractivity contribution is 5.96. The van der Waals surface area contributed by atoms with E-state index in [1.54, 1.807) is 0 Å². The molecule has 27 heavy (non-hydrogen) atoms. The van der Waals surface area contributed by atoms with Crippen LogP contribution in [0, 0.1) is 27.7 Å². The molecule has 1 N–H and O–H groups in total. The maximum Gasteiger partial charge on any atom is 0.354 e. The molecule has 0 saturated heterocycles. The standard InChI is InChI=1S/C22H30N2O3/c1-8-15(4)24(21(25)18-11-13(2)9-10-14(18)3)12-19-16(5)20(22(26)27-7)23-17(19)6/h9-11,15,23H,8,12H2,1-7H3. The van der Waals surface area contributed by atoms with Crippen LogP contribution >= 0.6 is 0 Å². The number of ether oxygens (including phenoxy) is 1. The van der Waals surface area contributed by atoms with Gasteiger partial charge in [0, 0.05) is 23.8 Å². The van der Waals surface area contributed by atoms with Crippen molar-refractivity contribution in [3.8, 4) is 0 Å². The number of amides is 1. The van der Waals surface area contributed by atoms with Gasteiger partial charge in [-0.2, -0.15) is 0 Å². The summed E-state index contributed by atoms with van der Waals surface area (Å²) >= 11 is 0. The number of H-pyrrole nitrogens is 1. The molecule has 0 aliphatic heterocycles. The second-order valence-corrected chi connectivity index (χ2v) is 7.23. The van der Waals surface area contributed by atoms with Crippen LogP contribution in [-0.4, -0.2) is 34.9 Å². The van der Waals surface area contributed by atoms with Crippen LogP contribution in [0.3, 0.4) is 0 Å². The quantitative estimate of drug-likeness (QED) is 0.763. The second-order valence-electron chi connectivity index (χ2n) is 7.23. The van der Waals surface area contributed by atoms with Gasteiger partial charge in [-0.15, -0.1) is 0 Å². The van der Waals surface area contributed by atoms with Gasteiger partial charge in [0.15, 0.2) is 0 Å². The average molecular weight is 370 g/mol. The predicted octanol–water partition coefficient (Wildman–Crippen LogP) is 4.48. The summed E-state index contributed by atoms with van der Waals surface area (Å²) in [6.45, 7) is 12.4. The number of hydrogen-bond acceptors (Lipinski definition) is 3. The number of carbonyl (C=O) groups is 2. The molecule has 0 saturated carbocycles. The third-order valence-electron chi connectivity index (χ3n) is 5.32. The molecule has 5 nitrogen and oxygen atoms in total. The number of nitrogens with zero attached hydrogens (tertiary/aromatic N) is 1. The van der Waals surface area contributed by atoms with Gasteiger partial charge >= 0.3 is 5.97 Å². The Kier molecular flexibility index (Phi) is 6.47. The number of aromatic nitrogens is 1. The Morgan fingerprint density at radius 3 is 2.44 bits per heavy atom. The summed E-state index contributed by atoms with van der Waals surface area (Å²) in [5.74, 6) is -0.372. The van der Waals surface area contributed by atoms with Gasteiger partial charge < -0.3 is 14.6 Å². The van der Waals surface area contributed by atoms with E-state index in [1.807, 2.05) is 50.8 Å². The van der Waals surface area contributed by atoms with Gasteiger partial charge in [-0.1, -0.05) is 24.6 Å². The van der Waals surface area contributed by atoms with Crippen molar-refractivity contribution in [2.75, 3.05) is 7.11 Å². The van der Waals surface area contributed by atoms with Crippen molar-refractivity contribution < 1.29 is 14.3 Å². The molecule has 0 radical (unpaired) electrons. The highest BCUT2D eigenvalue weighted by atomic mass is 16.5. The topological polar surface area (TPSA) is 62.4 Å². The summed E-state index contributed by atoms with van der Waals surface area (Å²) < 4.78 is 4.85. The first kappa shape index (κ1) is 20.7. The number of esters is 1. The highest BCUT2D eigenvalue weighted by Crippen LogP contribution is 2.24. The number of nitrogens with one attached hydrogen (secondary N) is 1. The van der Waals surface area contributed by atoms with Crippen LogP contribution in [0.4, 0.5) is 0 Å². The van der Waals surface area contributed by atoms with Crippen LogP contribution in [0.15, 0.2) is 18.2 Å². The number of benzene rings is 1. The Morgan fingerprint density at radius 1 is 1.19 bits per heavy atom. The highest BCUT2D eigenvalue weighted by Gasteiger charge is 2.26. The zero-order valence-corrected chi connectivity index (χ0v) is 17.4. The number of methoxy groups -OCH3 is 1. The predicted molar refractivity (Wildman–Crippen MR) is 107 cm³/mol. The Bertz CT molecular complexity index is 851. The number of aromatic amines is 1. The van der Waals surface area contributed by atoms with Crippen molar-refractivity contribution in [2.24, 2.45) is 0 Å². The summed E-state index contributed by atoms with van der Waals surface area (Å²) in [4.78, 5) is 30.4. The van der Waals surface area contributed by atoms with E-state index in [1.165, 1.54) is 7.11 Å². The lowest BCUT2D eigenvalue weighted by Gasteiger charge is -2.30. The fraction of sp³-hybridized carbons (Fsp3) is 0.455. The molecule has 1 aromatic heterocycles. The van der Waals surface area contributed by atoms with Gasteiger partial charge in [-0.25, -0.2) is 4.79 Å². The van der Waals surface area contributed by atoms with Gasteiger partial charge in [0.1, 0.15) is 5.69 Å². The maximum atomic E-state index is 13.4. The Hall–Kier alpha value is -2.56. The van der Waals surface area contributed by atoms with E-state index in [9.17, 15) is 9.59 Å². The molecule has 1 aromatic carbocycles. The Labute approximate surface area is 161 Å². The molecule has 0 spiro atoms. The molecule has 0 fully saturated rings. The molecule has 5 heteroatoms. The molecule has 0 aliphatic carbocycles. The lowest BCUT2D eigenvalue weighted by atomic mass is 10.0. The van der Waals surface area contributed by atoms with Gasteiger partial charge in [0.05, 0.1) is 7.11 Å². The van der Waals surface area contributed by atoms with E-state index < -0.39 is 5.97 Å². The summed E-state index contributed by atoms with van der Waals surface area (Å²) in [5.41, 5.74) is 5.90. The summed E-state index contributed by atoms with van der Waals surface area (Å²) in [6.07, 6.45) is 0.850. The zero-order chi connectivity index (χ0) is 20.3. The largest absolute Gasteiger partial charge is 0.464 e. The van der Waals surface area contributed by atoms with Crippen LogP contribution in [0.1, 0.15) is 69.1 Å². The lowest BCUT2D eigenvalue weighted by molar-refractivity contribution is 0.0593. The first-order chi connectivity index (χ1) is 12.7. The fourth-order valence-corrected chi connectivity index (χ4v) is 3.27. The van der Waals surface area contributed by atoms with Crippen molar-refractivity contribution in [3.05, 3.63) is 57.4 Å². The second kappa shape index (κ2) is 8.42. The zero-order valence-electron chi connectivity index (χ0n) is 17.4. The van der Waals surface area contributed by atoms with E-state index in [-0.39, 0.29) is 11.9 Å². The van der Waals surface area contributed by atoms with Gasteiger partial charge in [0.25, 0.3) is 5.91 Å². The monoisotopic (exact) mass is 370 g/mol. The molecule has 2 rings (SSSR count). The van der Waals surface area contributed by atoms with Gasteiger partial charge in [-0.05, 0) is 63.8 Å². The Morgan fingerprint density at radius 2 is 1.85 bits per heavy atom. The number of hydrogen-bond donors (Lipinski definition) is 1. The smallest absolute Gasteiger partial charge is 0.354 e. The van der Waals surface area contributed by atoms with Crippen molar-refractivity contribution in [3.63, 3.8) is 0 Å². The Balaban J connectivity index is 2.44. The SMILES string of the molecule is CCC(C)N(Cc1c(C)[nH]c(C(=O)OC)c1C)C(=O)c1cc(C)ccc1C. The van der Waals surface area contributed by atoms with Crippen molar-refractivity contribution in [2.45, 2.75) is 60.5 Å². The van der Waals surface area contributed by atoms with Crippen LogP contribution < -0.4 is 0 Å². The van der Waals surface area contributed by atoms with Crippen LogP contribution in [0.2, 0.25) is 0 Å². The molecule has 1 amide bonds. The minimum atomic E-state index is -0.391. The average Bonchev–Trinajstić information content (AvgIpc) is 2.93.